The lowest BCUT2D eigenvalue weighted by Crippen LogP contribution is -2.37. The van der Waals surface area contributed by atoms with Gasteiger partial charge in [-0.05, 0) is 24.5 Å². The summed E-state index contributed by atoms with van der Waals surface area (Å²) >= 11 is 8.58. The van der Waals surface area contributed by atoms with Crippen LogP contribution in [-0.2, 0) is 19.6 Å². The summed E-state index contributed by atoms with van der Waals surface area (Å²) in [5.74, 6) is 0.108. The summed E-state index contributed by atoms with van der Waals surface area (Å²) in [7, 11) is 0.00197. The van der Waals surface area contributed by atoms with Gasteiger partial charge in [0.05, 0.1) is 11.4 Å². The topological polar surface area (TPSA) is 108 Å². The molecule has 2 aromatic carbocycles. The quantitative estimate of drug-likeness (QED) is 0.161. The molecule has 0 radical (unpaired) electrons. The van der Waals surface area contributed by atoms with Crippen molar-refractivity contribution in [3.8, 4) is 0 Å². The molecule has 0 aliphatic carbocycles. The predicted octanol–water partition coefficient (Wildman–Crippen LogP) is 3.39. The van der Waals surface area contributed by atoms with Crippen LogP contribution in [0.15, 0.2) is 41.3 Å². The zero-order valence-electron chi connectivity index (χ0n) is 21.5. The first-order valence-corrected chi connectivity index (χ1v) is 14.2. The molecule has 0 aliphatic rings. The molecule has 0 heterocycles. The number of fused-ring (bicyclic) bond motifs is 1. The monoisotopic (exact) mass is 592 g/mol. The van der Waals surface area contributed by atoms with Crippen molar-refractivity contribution >= 4 is 76.1 Å². The molecule has 2 amide bonds. The van der Waals surface area contributed by atoms with Gasteiger partial charge in [-0.2, -0.15) is 25.3 Å². The largest absolute Gasteiger partial charge is 0.448 e. The predicted molar refractivity (Wildman–Crippen MR) is 158 cm³/mol. The number of hydrogen-bond donors (Lipinski definition) is 4. The van der Waals surface area contributed by atoms with Crippen molar-refractivity contribution < 1.29 is 22.7 Å². The van der Waals surface area contributed by atoms with Crippen molar-refractivity contribution in [2.45, 2.75) is 29.7 Å². The lowest BCUT2D eigenvalue weighted by atomic mass is 10.1. The van der Waals surface area contributed by atoms with Crippen molar-refractivity contribution in [2.24, 2.45) is 5.92 Å². The van der Waals surface area contributed by atoms with Crippen molar-refractivity contribution in [2.75, 3.05) is 51.8 Å². The average molecular weight is 593 g/mol. The van der Waals surface area contributed by atoms with Crippen LogP contribution in [0.2, 0.25) is 0 Å². The molecule has 208 valence electrons. The van der Waals surface area contributed by atoms with Gasteiger partial charge in [0.2, 0.25) is 15.9 Å². The molecule has 0 aliphatic heterocycles. The van der Waals surface area contributed by atoms with Gasteiger partial charge in [-0.15, -0.1) is 12.4 Å². The van der Waals surface area contributed by atoms with Crippen molar-refractivity contribution in [3.63, 3.8) is 0 Å². The molecular weight excluding hydrogens is 556 g/mol. The highest BCUT2D eigenvalue weighted by atomic mass is 35.5. The van der Waals surface area contributed by atoms with Crippen LogP contribution in [0, 0.1) is 5.92 Å². The number of ether oxygens (including phenoxy) is 1. The summed E-state index contributed by atoms with van der Waals surface area (Å²) in [6, 6.07) is 10.7. The second-order valence-electron chi connectivity index (χ2n) is 8.67. The van der Waals surface area contributed by atoms with E-state index < -0.39 is 16.1 Å². The van der Waals surface area contributed by atoms with Crippen LogP contribution in [0.5, 0.6) is 0 Å². The molecule has 2 rings (SSSR count). The number of amides is 2. The van der Waals surface area contributed by atoms with Crippen LogP contribution in [0.4, 0.5) is 10.5 Å². The minimum Gasteiger partial charge on any atom is -0.448 e. The van der Waals surface area contributed by atoms with Crippen LogP contribution in [0.3, 0.4) is 0 Å². The molecule has 13 heteroatoms. The number of hydrogen-bond acceptors (Lipinski definition) is 8. The van der Waals surface area contributed by atoms with Gasteiger partial charge in [0, 0.05) is 61.7 Å². The number of nitrogens with zero attached hydrogens (tertiary/aromatic N) is 2. The van der Waals surface area contributed by atoms with Crippen molar-refractivity contribution in [1.82, 2.24) is 14.9 Å². The molecule has 2 aromatic rings. The van der Waals surface area contributed by atoms with E-state index in [9.17, 15) is 18.0 Å². The van der Waals surface area contributed by atoms with E-state index in [4.69, 9.17) is 4.74 Å². The summed E-state index contributed by atoms with van der Waals surface area (Å²) in [5, 5.41) is 3.97. The van der Waals surface area contributed by atoms with E-state index in [1.165, 1.54) is 6.92 Å². The normalized spacial score (nSPS) is 12.1. The van der Waals surface area contributed by atoms with Gasteiger partial charge in [0.1, 0.15) is 6.61 Å². The number of carbonyl (C=O) groups excluding carboxylic acids is 2. The van der Waals surface area contributed by atoms with Crippen LogP contribution in [0.1, 0.15) is 20.3 Å². The number of nitrogens with one attached hydrogen (secondary N) is 2. The van der Waals surface area contributed by atoms with E-state index in [0.29, 0.717) is 11.9 Å². The lowest BCUT2D eigenvalue weighted by Gasteiger charge is -2.23. The fraction of sp³-hybridized carbons (Fsp3) is 0.500. The third-order valence-corrected chi connectivity index (χ3v) is 8.26. The Morgan fingerprint density at radius 2 is 1.68 bits per heavy atom. The Morgan fingerprint density at radius 3 is 2.30 bits per heavy atom. The SMILES string of the molecule is CC(=O)N(CCOC(=O)NCCNS(=O)(=O)c1cccc2c(N(C)C)cccc12)CCC(C)C(S)S.Cl. The number of thiol groups is 2. The molecule has 37 heavy (non-hydrogen) atoms. The number of halogens is 1. The first kappa shape index (κ1) is 33.2. The third kappa shape index (κ3) is 10.1. The molecule has 1 atom stereocenters. The van der Waals surface area contributed by atoms with E-state index in [-0.39, 0.29) is 60.0 Å². The first-order chi connectivity index (χ1) is 16.9. The number of sulfonamides is 1. The Labute approximate surface area is 237 Å². The van der Waals surface area contributed by atoms with Gasteiger partial charge in [-0.3, -0.25) is 4.79 Å². The standard InChI is InChI=1S/C24H36N4O5S3.ClH/c1-17(23(34)35)11-14-28(18(2)29)15-16-33-24(30)25-12-13-26-36(31,32)22-10-6-7-19-20(22)8-5-9-21(19)27(3)4;/h5-10,17,23,26,34-35H,11-16H2,1-4H3,(H,25,30);1H. The molecule has 0 fully saturated rings. The van der Waals surface area contributed by atoms with Crippen LogP contribution < -0.4 is 14.9 Å². The summed E-state index contributed by atoms with van der Waals surface area (Å²) < 4.78 is 33.4. The van der Waals surface area contributed by atoms with Crippen molar-refractivity contribution in [1.29, 1.82) is 0 Å². The first-order valence-electron chi connectivity index (χ1n) is 11.6. The van der Waals surface area contributed by atoms with E-state index in [2.05, 4.69) is 35.3 Å². The minimum absolute atomic E-state index is 0. The molecule has 1 unspecified atom stereocenters. The Bertz CT molecular complexity index is 1150. The van der Waals surface area contributed by atoms with E-state index >= 15 is 0 Å². The van der Waals surface area contributed by atoms with Gasteiger partial charge < -0.3 is 19.9 Å². The maximum Gasteiger partial charge on any atom is 0.407 e. The molecule has 0 saturated heterocycles. The van der Waals surface area contributed by atoms with Crippen LogP contribution >= 0.6 is 37.7 Å². The zero-order chi connectivity index (χ0) is 26.9. The van der Waals surface area contributed by atoms with E-state index in [1.54, 1.807) is 23.1 Å². The number of rotatable bonds is 13. The fourth-order valence-electron chi connectivity index (χ4n) is 3.55. The Kier molecular flexibility index (Phi) is 13.9. The van der Waals surface area contributed by atoms with Gasteiger partial charge >= 0.3 is 6.09 Å². The highest BCUT2D eigenvalue weighted by Crippen LogP contribution is 2.30. The highest BCUT2D eigenvalue weighted by molar-refractivity contribution is 7.99. The second kappa shape index (κ2) is 15.5. The smallest absolute Gasteiger partial charge is 0.407 e. The average Bonchev–Trinajstić information content (AvgIpc) is 2.82. The zero-order valence-corrected chi connectivity index (χ0v) is 24.9. The van der Waals surface area contributed by atoms with Gasteiger partial charge in [0.25, 0.3) is 0 Å². The second-order valence-corrected chi connectivity index (χ2v) is 11.9. The maximum atomic E-state index is 12.9. The van der Waals surface area contributed by atoms with Crippen molar-refractivity contribution in [3.05, 3.63) is 36.4 Å². The molecule has 0 saturated carbocycles. The minimum atomic E-state index is -3.80. The number of carbonyl (C=O) groups is 2. The Morgan fingerprint density at radius 1 is 1.03 bits per heavy atom. The number of alkyl carbamates (subject to hydrolysis) is 1. The van der Waals surface area contributed by atoms with Gasteiger partial charge in [0.15, 0.2) is 0 Å². The van der Waals surface area contributed by atoms with Crippen LogP contribution in [-0.4, -0.2) is 76.8 Å². The maximum absolute atomic E-state index is 12.9. The molecule has 0 bridgehead atoms. The third-order valence-electron chi connectivity index (χ3n) is 5.72. The fourth-order valence-corrected chi connectivity index (χ4v) is 5.10. The van der Waals surface area contributed by atoms with Crippen LogP contribution in [0.25, 0.3) is 10.8 Å². The molecule has 0 spiro atoms. The summed E-state index contributed by atoms with van der Waals surface area (Å²) in [5.41, 5.74) is 0.916. The number of benzene rings is 2. The summed E-state index contributed by atoms with van der Waals surface area (Å²) in [4.78, 5) is 27.5. The number of anilines is 1. The van der Waals surface area contributed by atoms with Gasteiger partial charge in [-0.25, -0.2) is 17.9 Å². The highest BCUT2D eigenvalue weighted by Gasteiger charge is 2.18. The Balaban J connectivity index is 0.00000684. The van der Waals surface area contributed by atoms with E-state index in [1.807, 2.05) is 44.1 Å². The Hall–Kier alpha value is -1.86. The summed E-state index contributed by atoms with van der Waals surface area (Å²) in [6.45, 7) is 4.32. The van der Waals surface area contributed by atoms with E-state index in [0.717, 1.165) is 17.5 Å². The molecule has 2 N–H and O–H groups in total. The summed E-state index contributed by atoms with van der Waals surface area (Å²) in [6.07, 6.45) is 0.0501. The molecule has 9 nitrogen and oxygen atoms in total. The molecular formula is C24H37ClN4O5S3. The molecule has 0 aromatic heterocycles. The van der Waals surface area contributed by atoms with Gasteiger partial charge in [-0.1, -0.05) is 31.2 Å². The lowest BCUT2D eigenvalue weighted by molar-refractivity contribution is -0.129.